The van der Waals surface area contributed by atoms with E-state index in [1.54, 1.807) is 7.11 Å². The van der Waals surface area contributed by atoms with Gasteiger partial charge in [0, 0.05) is 43.1 Å². The van der Waals surface area contributed by atoms with Gasteiger partial charge in [-0.05, 0) is 86.0 Å². The number of nitrogens with zero attached hydrogens (tertiary/aromatic N) is 2. The van der Waals surface area contributed by atoms with E-state index in [1.165, 1.54) is 9.77 Å². The Morgan fingerprint density at radius 2 is 2.21 bits per heavy atom. The molecule has 1 saturated heterocycles. The summed E-state index contributed by atoms with van der Waals surface area (Å²) in [7, 11) is 3.74. The van der Waals surface area contributed by atoms with Crippen molar-refractivity contribution in [2.24, 2.45) is 11.8 Å². The van der Waals surface area contributed by atoms with Crippen molar-refractivity contribution >= 4 is 34.0 Å². The van der Waals surface area contributed by atoms with Crippen LogP contribution >= 0.6 is 23.1 Å². The summed E-state index contributed by atoms with van der Waals surface area (Å²) in [6.45, 7) is 3.51. The number of ether oxygens (including phenoxy) is 1. The zero-order chi connectivity index (χ0) is 23.0. The maximum Gasteiger partial charge on any atom is 0.119 e. The second kappa shape index (κ2) is 12.2. The maximum atomic E-state index is 10.1. The molecule has 3 heterocycles. The number of thiophene rings is 1. The van der Waals surface area contributed by atoms with Gasteiger partial charge in [0.2, 0.25) is 0 Å². The Bertz CT molecular complexity index is 998. The molecule has 0 aliphatic carbocycles. The Kier molecular flexibility index (Phi) is 9.03. The standard InChI is InChI=1S/C26H35N3O2S2/c1-27-24(22-9-11-28-25-8-6-21(31-2)16-23(22)25)7-5-19-10-12-29(17-20(19)18-30)13-15-33-26-4-3-14-32-26/h3-4,6,8-9,11,14,16,19-20,24,27,30H,5,7,10,12-13,15,17-18H2,1-2H3/t19-,20-,24+/m1/s1. The van der Waals surface area contributed by atoms with E-state index in [4.69, 9.17) is 4.74 Å². The van der Waals surface area contributed by atoms with E-state index in [2.05, 4.69) is 44.8 Å². The van der Waals surface area contributed by atoms with Gasteiger partial charge in [-0.1, -0.05) is 6.07 Å². The lowest BCUT2D eigenvalue weighted by molar-refractivity contribution is 0.0696. The summed E-state index contributed by atoms with van der Waals surface area (Å²) in [5.41, 5.74) is 2.26. The first kappa shape index (κ1) is 24.5. The Balaban J connectivity index is 1.34. The van der Waals surface area contributed by atoms with E-state index in [1.807, 2.05) is 48.5 Å². The molecule has 3 aromatic rings. The molecule has 1 aromatic carbocycles. The molecule has 33 heavy (non-hydrogen) atoms. The predicted molar refractivity (Wildman–Crippen MR) is 139 cm³/mol. The molecule has 2 aromatic heterocycles. The Morgan fingerprint density at radius 3 is 2.97 bits per heavy atom. The van der Waals surface area contributed by atoms with Crippen LogP contribution in [0.5, 0.6) is 5.75 Å². The van der Waals surface area contributed by atoms with Crippen LogP contribution in [0.15, 0.2) is 52.2 Å². The van der Waals surface area contributed by atoms with Crippen LogP contribution in [0.3, 0.4) is 0 Å². The van der Waals surface area contributed by atoms with Crippen molar-refractivity contribution in [2.45, 2.75) is 29.5 Å². The van der Waals surface area contributed by atoms with E-state index in [0.717, 1.165) is 61.3 Å². The third kappa shape index (κ3) is 6.28. The first-order chi connectivity index (χ1) is 16.2. The van der Waals surface area contributed by atoms with Crippen molar-refractivity contribution in [3.63, 3.8) is 0 Å². The molecular formula is C26H35N3O2S2. The molecular weight excluding hydrogens is 450 g/mol. The van der Waals surface area contributed by atoms with Crippen LogP contribution in [0.2, 0.25) is 0 Å². The molecule has 178 valence electrons. The number of benzene rings is 1. The van der Waals surface area contributed by atoms with Crippen LogP contribution in [0.25, 0.3) is 10.9 Å². The number of pyridine rings is 1. The zero-order valence-electron chi connectivity index (χ0n) is 19.6. The Labute approximate surface area is 205 Å². The number of nitrogens with one attached hydrogen (secondary N) is 1. The number of piperidine rings is 1. The van der Waals surface area contributed by atoms with Gasteiger partial charge < -0.3 is 20.1 Å². The van der Waals surface area contributed by atoms with E-state index in [0.29, 0.717) is 11.8 Å². The Hall–Kier alpha value is -1.64. The molecule has 0 radical (unpaired) electrons. The van der Waals surface area contributed by atoms with Gasteiger partial charge in [-0.15, -0.1) is 23.1 Å². The molecule has 1 fully saturated rings. The van der Waals surface area contributed by atoms with Gasteiger partial charge in [-0.25, -0.2) is 0 Å². The van der Waals surface area contributed by atoms with Crippen LogP contribution < -0.4 is 10.1 Å². The molecule has 1 aliphatic heterocycles. The zero-order valence-corrected chi connectivity index (χ0v) is 21.2. The number of methoxy groups -OCH3 is 1. The molecule has 0 unspecified atom stereocenters. The topological polar surface area (TPSA) is 57.6 Å². The molecule has 2 N–H and O–H groups in total. The summed E-state index contributed by atoms with van der Waals surface area (Å²) >= 11 is 3.76. The highest BCUT2D eigenvalue weighted by Gasteiger charge is 2.29. The highest BCUT2D eigenvalue weighted by atomic mass is 32.2. The minimum Gasteiger partial charge on any atom is -0.497 e. The molecule has 3 atom stereocenters. The van der Waals surface area contributed by atoms with Crippen molar-refractivity contribution in [1.82, 2.24) is 15.2 Å². The summed E-state index contributed by atoms with van der Waals surface area (Å²) in [6.07, 6.45) is 5.22. The fraction of sp³-hybridized carbons (Fsp3) is 0.500. The van der Waals surface area contributed by atoms with Gasteiger partial charge in [0.05, 0.1) is 16.8 Å². The van der Waals surface area contributed by atoms with Crippen molar-refractivity contribution in [3.05, 3.63) is 53.5 Å². The second-order valence-electron chi connectivity index (χ2n) is 8.77. The lowest BCUT2D eigenvalue weighted by Crippen LogP contribution is -2.43. The average Bonchev–Trinajstić information content (AvgIpc) is 3.38. The minimum atomic E-state index is 0.252. The highest BCUT2D eigenvalue weighted by Crippen LogP contribution is 2.33. The minimum absolute atomic E-state index is 0.252. The van der Waals surface area contributed by atoms with Gasteiger partial charge in [0.1, 0.15) is 5.75 Å². The van der Waals surface area contributed by atoms with Gasteiger partial charge in [0.25, 0.3) is 0 Å². The smallest absolute Gasteiger partial charge is 0.119 e. The molecule has 7 heteroatoms. The maximum absolute atomic E-state index is 10.1. The van der Waals surface area contributed by atoms with E-state index >= 15 is 0 Å². The van der Waals surface area contributed by atoms with E-state index in [9.17, 15) is 5.11 Å². The van der Waals surface area contributed by atoms with E-state index in [-0.39, 0.29) is 12.6 Å². The molecule has 4 rings (SSSR count). The highest BCUT2D eigenvalue weighted by molar-refractivity contribution is 8.01. The Morgan fingerprint density at radius 1 is 1.30 bits per heavy atom. The number of thioether (sulfide) groups is 1. The third-order valence-corrected chi connectivity index (χ3v) is 9.00. The van der Waals surface area contributed by atoms with Gasteiger partial charge in [0.15, 0.2) is 0 Å². The van der Waals surface area contributed by atoms with Crippen molar-refractivity contribution in [1.29, 1.82) is 0 Å². The van der Waals surface area contributed by atoms with Gasteiger partial charge >= 0.3 is 0 Å². The summed E-state index contributed by atoms with van der Waals surface area (Å²) in [4.78, 5) is 7.07. The van der Waals surface area contributed by atoms with Gasteiger partial charge in [-0.3, -0.25) is 4.98 Å². The second-order valence-corrected chi connectivity index (χ2v) is 11.1. The molecule has 0 bridgehead atoms. The summed E-state index contributed by atoms with van der Waals surface area (Å²) < 4.78 is 6.84. The molecule has 5 nitrogen and oxygen atoms in total. The van der Waals surface area contributed by atoms with Crippen LogP contribution in [0.4, 0.5) is 0 Å². The fourth-order valence-corrected chi connectivity index (χ4v) is 6.84. The summed E-state index contributed by atoms with van der Waals surface area (Å²) in [5, 5.41) is 16.9. The van der Waals surface area contributed by atoms with Crippen LogP contribution in [0.1, 0.15) is 30.9 Å². The SMILES string of the molecule is CN[C@@H](CC[C@@H]1CCN(CCSc2cccs2)C[C@@H]1CO)c1ccnc2ccc(OC)cc12. The summed E-state index contributed by atoms with van der Waals surface area (Å²) in [6, 6.07) is 12.8. The van der Waals surface area contributed by atoms with Gasteiger partial charge in [-0.2, -0.15) is 0 Å². The average molecular weight is 486 g/mol. The molecule has 0 spiro atoms. The number of hydrogen-bond donors (Lipinski definition) is 2. The first-order valence-corrected chi connectivity index (χ1v) is 13.7. The fourth-order valence-electron chi connectivity index (χ4n) is 4.98. The quantitative estimate of drug-likeness (QED) is 0.370. The van der Waals surface area contributed by atoms with Crippen LogP contribution in [-0.4, -0.2) is 61.1 Å². The molecule has 0 saturated carbocycles. The van der Waals surface area contributed by atoms with Crippen LogP contribution in [0, 0.1) is 11.8 Å². The van der Waals surface area contributed by atoms with Crippen molar-refractivity contribution < 1.29 is 9.84 Å². The third-order valence-electron chi connectivity index (χ3n) is 6.89. The normalized spacial score (nSPS) is 20.2. The monoisotopic (exact) mass is 485 g/mol. The number of hydrogen-bond acceptors (Lipinski definition) is 7. The lowest BCUT2D eigenvalue weighted by atomic mass is 9.81. The number of likely N-dealkylation sites (tertiary alicyclic amines) is 1. The predicted octanol–water partition coefficient (Wildman–Crippen LogP) is 5.07. The number of fused-ring (bicyclic) bond motifs is 1. The van der Waals surface area contributed by atoms with Crippen molar-refractivity contribution in [2.75, 3.05) is 46.2 Å². The van der Waals surface area contributed by atoms with Crippen LogP contribution in [-0.2, 0) is 0 Å². The first-order valence-electron chi connectivity index (χ1n) is 11.8. The number of aromatic nitrogens is 1. The van der Waals surface area contributed by atoms with E-state index < -0.39 is 0 Å². The van der Waals surface area contributed by atoms with Crippen molar-refractivity contribution in [3.8, 4) is 5.75 Å². The largest absolute Gasteiger partial charge is 0.497 e. The number of aliphatic hydroxyl groups is 1. The number of rotatable bonds is 11. The summed E-state index contributed by atoms with van der Waals surface area (Å²) in [5.74, 6) is 2.90. The molecule has 0 amide bonds. The molecule has 1 aliphatic rings. The number of aliphatic hydroxyl groups excluding tert-OH is 1. The lowest BCUT2D eigenvalue weighted by Gasteiger charge is -2.38.